The quantitative estimate of drug-likeness (QED) is 0.518. The van der Waals surface area contributed by atoms with Gasteiger partial charge in [-0.25, -0.2) is 0 Å². The Hall–Kier alpha value is -2.94. The molecule has 0 spiro atoms. The number of hydrogen-bond acceptors (Lipinski definition) is 3. The predicted molar refractivity (Wildman–Crippen MR) is 105 cm³/mol. The van der Waals surface area contributed by atoms with Gasteiger partial charge >= 0.3 is 0 Å². The lowest BCUT2D eigenvalue weighted by Gasteiger charge is -2.00. The maximum atomic E-state index is 5.78. The fourth-order valence-corrected chi connectivity index (χ4v) is 2.64. The molecule has 25 heavy (non-hydrogen) atoms. The molecule has 1 aromatic heterocycles. The van der Waals surface area contributed by atoms with Crippen LogP contribution in [0.4, 0.5) is 11.4 Å². The number of para-hydroxylation sites is 2. The van der Waals surface area contributed by atoms with E-state index in [1.165, 1.54) is 11.1 Å². The lowest BCUT2D eigenvalue weighted by Crippen LogP contribution is -1.82. The van der Waals surface area contributed by atoms with Crippen molar-refractivity contribution in [3.63, 3.8) is 0 Å². The molecule has 0 bridgehead atoms. The summed E-state index contributed by atoms with van der Waals surface area (Å²) < 4.78 is 5.78. The van der Waals surface area contributed by atoms with E-state index in [9.17, 15) is 0 Å². The molecule has 0 amide bonds. The Bertz CT molecular complexity index is 818. The third-order valence-corrected chi connectivity index (χ3v) is 4.05. The van der Waals surface area contributed by atoms with Gasteiger partial charge in [-0.1, -0.05) is 50.2 Å². The van der Waals surface area contributed by atoms with Gasteiger partial charge in [0.2, 0.25) is 0 Å². The number of aryl methyl sites for hydroxylation is 2. The number of furan rings is 1. The average molecular weight is 330 g/mol. The van der Waals surface area contributed by atoms with Gasteiger partial charge in [-0.05, 0) is 48.2 Å². The van der Waals surface area contributed by atoms with Crippen LogP contribution in [-0.2, 0) is 12.8 Å². The largest absolute Gasteiger partial charge is 0.454 e. The van der Waals surface area contributed by atoms with E-state index in [2.05, 4.69) is 36.0 Å². The summed E-state index contributed by atoms with van der Waals surface area (Å²) in [6.07, 6.45) is 5.43. The molecule has 126 valence electrons. The van der Waals surface area contributed by atoms with Crippen LogP contribution in [0.25, 0.3) is 0 Å². The summed E-state index contributed by atoms with van der Waals surface area (Å²) in [5.74, 6) is 1.44. The van der Waals surface area contributed by atoms with Gasteiger partial charge in [0.15, 0.2) is 0 Å². The van der Waals surface area contributed by atoms with E-state index in [4.69, 9.17) is 4.42 Å². The molecule has 3 heteroatoms. The number of aliphatic imine (C=N–C) groups is 2. The molecule has 0 N–H and O–H groups in total. The van der Waals surface area contributed by atoms with E-state index >= 15 is 0 Å². The molecule has 1 heterocycles. The lowest BCUT2D eigenvalue weighted by atomic mass is 10.1. The van der Waals surface area contributed by atoms with Crippen molar-refractivity contribution in [2.24, 2.45) is 9.98 Å². The summed E-state index contributed by atoms with van der Waals surface area (Å²) in [5, 5.41) is 0. The Labute approximate surface area is 148 Å². The van der Waals surface area contributed by atoms with Crippen LogP contribution in [0.15, 0.2) is 75.1 Å². The molecule has 0 saturated heterocycles. The molecular weight excluding hydrogens is 308 g/mol. The smallest absolute Gasteiger partial charge is 0.145 e. The summed E-state index contributed by atoms with van der Waals surface area (Å²) in [6.45, 7) is 4.26. The highest BCUT2D eigenvalue weighted by Gasteiger charge is 2.01. The van der Waals surface area contributed by atoms with Crippen molar-refractivity contribution >= 4 is 23.8 Å². The summed E-state index contributed by atoms with van der Waals surface area (Å²) >= 11 is 0. The van der Waals surface area contributed by atoms with Crippen molar-refractivity contribution in [1.29, 1.82) is 0 Å². The SMILES string of the molecule is CCc1ccccc1N=Cc1ccc(C=Nc2ccccc2CC)o1. The van der Waals surface area contributed by atoms with Crippen LogP contribution in [0.3, 0.4) is 0 Å². The third kappa shape index (κ3) is 4.32. The van der Waals surface area contributed by atoms with Crippen LogP contribution >= 0.6 is 0 Å². The van der Waals surface area contributed by atoms with Gasteiger partial charge in [0, 0.05) is 0 Å². The molecule has 3 aromatic rings. The topological polar surface area (TPSA) is 37.9 Å². The summed E-state index contributed by atoms with van der Waals surface area (Å²) in [5.41, 5.74) is 4.41. The Morgan fingerprint density at radius 1 is 0.680 bits per heavy atom. The second kappa shape index (κ2) is 8.25. The van der Waals surface area contributed by atoms with Gasteiger partial charge in [-0.15, -0.1) is 0 Å². The van der Waals surface area contributed by atoms with Crippen molar-refractivity contribution in [2.75, 3.05) is 0 Å². The minimum Gasteiger partial charge on any atom is -0.454 e. The first-order valence-electron chi connectivity index (χ1n) is 8.64. The van der Waals surface area contributed by atoms with Crippen LogP contribution in [-0.4, -0.2) is 12.4 Å². The highest BCUT2D eigenvalue weighted by molar-refractivity contribution is 5.83. The van der Waals surface area contributed by atoms with E-state index < -0.39 is 0 Å². The van der Waals surface area contributed by atoms with Crippen LogP contribution in [0.2, 0.25) is 0 Å². The molecule has 2 aromatic carbocycles. The van der Waals surface area contributed by atoms with Gasteiger partial charge in [0.05, 0.1) is 23.8 Å². The minimum absolute atomic E-state index is 0.719. The second-order valence-corrected chi connectivity index (χ2v) is 5.72. The monoisotopic (exact) mass is 330 g/mol. The van der Waals surface area contributed by atoms with Crippen molar-refractivity contribution < 1.29 is 4.42 Å². The van der Waals surface area contributed by atoms with Crippen LogP contribution in [0, 0.1) is 0 Å². The fourth-order valence-electron chi connectivity index (χ4n) is 2.64. The first-order valence-corrected chi connectivity index (χ1v) is 8.64. The normalized spacial score (nSPS) is 11.6. The summed E-state index contributed by atoms with van der Waals surface area (Å²) in [4.78, 5) is 9.09. The zero-order valence-electron chi connectivity index (χ0n) is 14.6. The predicted octanol–water partition coefficient (Wildman–Crippen LogP) is 5.91. The molecule has 0 unspecified atom stereocenters. The fraction of sp³-hybridized carbons (Fsp3) is 0.182. The zero-order chi connectivity index (χ0) is 17.5. The van der Waals surface area contributed by atoms with Crippen LogP contribution in [0.1, 0.15) is 36.5 Å². The van der Waals surface area contributed by atoms with E-state index in [1.54, 1.807) is 12.4 Å². The maximum Gasteiger partial charge on any atom is 0.145 e. The number of rotatable bonds is 6. The summed E-state index contributed by atoms with van der Waals surface area (Å²) in [7, 11) is 0. The molecule has 0 aliphatic carbocycles. The number of nitrogens with zero attached hydrogens (tertiary/aromatic N) is 2. The van der Waals surface area contributed by atoms with Gasteiger partial charge in [0.1, 0.15) is 11.5 Å². The highest BCUT2D eigenvalue weighted by Crippen LogP contribution is 2.20. The van der Waals surface area contributed by atoms with Crippen molar-refractivity contribution in [3.05, 3.63) is 83.3 Å². The minimum atomic E-state index is 0.719. The Kier molecular flexibility index (Phi) is 5.57. The first kappa shape index (κ1) is 16.9. The van der Waals surface area contributed by atoms with E-state index in [0.717, 1.165) is 35.7 Å². The van der Waals surface area contributed by atoms with Gasteiger partial charge < -0.3 is 4.42 Å². The molecule has 0 atom stereocenters. The van der Waals surface area contributed by atoms with Crippen LogP contribution in [0.5, 0.6) is 0 Å². The third-order valence-electron chi connectivity index (χ3n) is 4.05. The van der Waals surface area contributed by atoms with Gasteiger partial charge in [-0.3, -0.25) is 9.98 Å². The Morgan fingerprint density at radius 3 is 1.56 bits per heavy atom. The molecular formula is C22H22N2O. The zero-order valence-corrected chi connectivity index (χ0v) is 14.6. The molecule has 0 fully saturated rings. The highest BCUT2D eigenvalue weighted by atomic mass is 16.3. The second-order valence-electron chi connectivity index (χ2n) is 5.72. The van der Waals surface area contributed by atoms with Gasteiger partial charge in [0.25, 0.3) is 0 Å². The van der Waals surface area contributed by atoms with E-state index in [-0.39, 0.29) is 0 Å². The molecule has 0 saturated carbocycles. The average Bonchev–Trinajstić information content (AvgIpc) is 3.13. The van der Waals surface area contributed by atoms with Gasteiger partial charge in [-0.2, -0.15) is 0 Å². The number of hydrogen-bond donors (Lipinski definition) is 0. The van der Waals surface area contributed by atoms with Crippen molar-refractivity contribution in [2.45, 2.75) is 26.7 Å². The Balaban J connectivity index is 1.74. The van der Waals surface area contributed by atoms with E-state index in [0.29, 0.717) is 0 Å². The number of benzene rings is 2. The van der Waals surface area contributed by atoms with Crippen LogP contribution < -0.4 is 0 Å². The van der Waals surface area contributed by atoms with Crippen molar-refractivity contribution in [3.8, 4) is 0 Å². The molecule has 3 nitrogen and oxygen atoms in total. The molecule has 0 aliphatic heterocycles. The van der Waals surface area contributed by atoms with Crippen molar-refractivity contribution in [1.82, 2.24) is 0 Å². The maximum absolute atomic E-state index is 5.78. The summed E-state index contributed by atoms with van der Waals surface area (Å²) in [6, 6.07) is 20.1. The van der Waals surface area contributed by atoms with E-state index in [1.807, 2.05) is 48.5 Å². The Morgan fingerprint density at radius 2 is 1.12 bits per heavy atom. The standard InChI is InChI=1S/C22H22N2O/c1-3-17-9-5-7-11-21(17)23-15-19-13-14-20(25-19)16-24-22-12-8-6-10-18(22)4-2/h5-16H,3-4H2,1-2H3. The first-order chi connectivity index (χ1) is 12.3. The lowest BCUT2D eigenvalue weighted by molar-refractivity contribution is 0.553. The molecule has 0 aliphatic rings. The molecule has 3 rings (SSSR count). The molecule has 0 radical (unpaired) electrons.